The molecule has 2 heteroatoms. The van der Waals surface area contributed by atoms with Crippen LogP contribution in [0, 0.1) is 17.3 Å². The van der Waals surface area contributed by atoms with Crippen LogP contribution in [0.25, 0.3) is 0 Å². The molecule has 0 unspecified atom stereocenters. The lowest BCUT2D eigenvalue weighted by atomic mass is 9.72. The van der Waals surface area contributed by atoms with Crippen LogP contribution in [0.3, 0.4) is 0 Å². The van der Waals surface area contributed by atoms with Crippen LogP contribution in [0.15, 0.2) is 11.1 Å². The van der Waals surface area contributed by atoms with Crippen molar-refractivity contribution in [2.45, 2.75) is 46.6 Å². The van der Waals surface area contributed by atoms with E-state index in [1.165, 1.54) is 12.5 Å². The van der Waals surface area contributed by atoms with E-state index in [9.17, 15) is 4.79 Å². The smallest absolute Gasteiger partial charge is 0.202 e. The van der Waals surface area contributed by atoms with Gasteiger partial charge in [-0.2, -0.15) is 0 Å². The van der Waals surface area contributed by atoms with Gasteiger partial charge in [-0.15, -0.1) is 0 Å². The maximum absolute atomic E-state index is 10.9. The van der Waals surface area contributed by atoms with Crippen molar-refractivity contribution in [1.29, 1.82) is 0 Å². The zero-order valence-corrected chi connectivity index (χ0v) is 10.8. The van der Waals surface area contributed by atoms with Crippen molar-refractivity contribution < 1.29 is 9.53 Å². The van der Waals surface area contributed by atoms with Crippen LogP contribution in [0.4, 0.5) is 0 Å². The van der Waals surface area contributed by atoms with E-state index < -0.39 is 0 Å². The summed E-state index contributed by atoms with van der Waals surface area (Å²) in [7, 11) is 1.75. The van der Waals surface area contributed by atoms with E-state index >= 15 is 0 Å². The predicted octanol–water partition coefficient (Wildman–Crippen LogP) is 2.73. The van der Waals surface area contributed by atoms with Crippen LogP contribution >= 0.6 is 0 Å². The largest absolute Gasteiger partial charge is 0.381 e. The number of hydrogen-bond acceptors (Lipinski definition) is 2. The Morgan fingerprint density at radius 3 is 2.56 bits per heavy atom. The second-order valence-corrected chi connectivity index (χ2v) is 5.11. The lowest BCUT2D eigenvalue weighted by Gasteiger charge is -2.35. The highest BCUT2D eigenvalue weighted by Crippen LogP contribution is 2.40. The first-order chi connectivity index (χ1) is 7.36. The molecule has 0 amide bonds. The molecule has 0 N–H and O–H groups in total. The molecular weight excluding hydrogens is 200 g/mol. The number of ether oxygens (including phenoxy) is 1. The molecule has 0 spiro atoms. The van der Waals surface area contributed by atoms with Crippen LogP contribution in [-0.2, 0) is 9.53 Å². The minimum absolute atomic E-state index is 0.00542. The Morgan fingerprint density at radius 1 is 1.50 bits per heavy atom. The molecule has 0 aromatic rings. The van der Waals surface area contributed by atoms with Crippen molar-refractivity contribution >= 4 is 5.78 Å². The summed E-state index contributed by atoms with van der Waals surface area (Å²) in [6.45, 7) is 7.89. The SMILES string of the molecule is CO[C@H]1CC(C)=C(C#CC(C)=O)C(C)(C)C1. The molecule has 0 bridgehead atoms. The third-order valence-electron chi connectivity index (χ3n) is 3.07. The van der Waals surface area contributed by atoms with Gasteiger partial charge in [0.1, 0.15) is 0 Å². The monoisotopic (exact) mass is 220 g/mol. The Labute approximate surface area is 98.1 Å². The van der Waals surface area contributed by atoms with Crippen LogP contribution < -0.4 is 0 Å². The summed E-state index contributed by atoms with van der Waals surface area (Å²) in [5.74, 6) is 5.60. The Morgan fingerprint density at radius 2 is 2.12 bits per heavy atom. The molecule has 1 atom stereocenters. The van der Waals surface area contributed by atoms with Crippen molar-refractivity contribution in [3.05, 3.63) is 11.1 Å². The van der Waals surface area contributed by atoms with Gasteiger partial charge in [0, 0.05) is 25.0 Å². The normalized spacial score (nSPS) is 23.7. The van der Waals surface area contributed by atoms with Gasteiger partial charge in [0.2, 0.25) is 5.78 Å². The van der Waals surface area contributed by atoms with E-state index in [-0.39, 0.29) is 17.3 Å². The molecule has 0 aromatic carbocycles. The van der Waals surface area contributed by atoms with E-state index in [4.69, 9.17) is 4.74 Å². The van der Waals surface area contributed by atoms with E-state index in [1.54, 1.807) is 7.11 Å². The molecule has 1 aliphatic rings. The van der Waals surface area contributed by atoms with Crippen LogP contribution in [0.1, 0.15) is 40.5 Å². The second-order valence-electron chi connectivity index (χ2n) is 5.11. The number of Topliss-reactive ketones (excluding diaryl/α,β-unsaturated/α-hetero) is 1. The average molecular weight is 220 g/mol. The standard InChI is InChI=1S/C14H20O2/c1-10-8-12(16-5)9-14(3,4)13(10)7-6-11(2)15/h12H,8-9H2,1-5H3/t12-/m0/s1. The molecule has 0 saturated heterocycles. The number of hydrogen-bond donors (Lipinski definition) is 0. The Hall–Kier alpha value is -1.07. The van der Waals surface area contributed by atoms with Gasteiger partial charge in [0.25, 0.3) is 0 Å². The molecule has 1 aliphatic carbocycles. The van der Waals surface area contributed by atoms with Crippen LogP contribution in [-0.4, -0.2) is 19.0 Å². The van der Waals surface area contributed by atoms with Crippen LogP contribution in [0.2, 0.25) is 0 Å². The van der Waals surface area contributed by atoms with Gasteiger partial charge in [-0.3, -0.25) is 4.79 Å². The highest BCUT2D eigenvalue weighted by Gasteiger charge is 2.32. The van der Waals surface area contributed by atoms with Crippen molar-refractivity contribution in [1.82, 2.24) is 0 Å². The summed E-state index contributed by atoms with van der Waals surface area (Å²) in [4.78, 5) is 10.9. The highest BCUT2D eigenvalue weighted by atomic mass is 16.5. The van der Waals surface area contributed by atoms with E-state index in [2.05, 4.69) is 32.6 Å². The Balaban J connectivity index is 3.06. The second kappa shape index (κ2) is 4.84. The molecule has 0 aromatic heterocycles. The van der Waals surface area contributed by atoms with Gasteiger partial charge >= 0.3 is 0 Å². The topological polar surface area (TPSA) is 26.3 Å². The van der Waals surface area contributed by atoms with Crippen molar-refractivity contribution in [3.8, 4) is 11.8 Å². The summed E-state index contributed by atoms with van der Waals surface area (Å²) < 4.78 is 5.42. The predicted molar refractivity (Wildman–Crippen MR) is 65.0 cm³/mol. The summed E-state index contributed by atoms with van der Waals surface area (Å²) in [6.07, 6.45) is 2.16. The molecule has 0 fully saturated rings. The summed E-state index contributed by atoms with van der Waals surface area (Å²) >= 11 is 0. The number of rotatable bonds is 1. The quantitative estimate of drug-likeness (QED) is 0.501. The molecule has 2 nitrogen and oxygen atoms in total. The minimum Gasteiger partial charge on any atom is -0.381 e. The fraction of sp³-hybridized carbons (Fsp3) is 0.643. The fourth-order valence-electron chi connectivity index (χ4n) is 2.36. The van der Waals surface area contributed by atoms with Crippen LogP contribution in [0.5, 0.6) is 0 Å². The molecular formula is C14H20O2. The van der Waals surface area contributed by atoms with Crippen molar-refractivity contribution in [2.24, 2.45) is 5.41 Å². The third kappa shape index (κ3) is 2.96. The molecule has 1 rings (SSSR count). The first-order valence-electron chi connectivity index (χ1n) is 5.62. The summed E-state index contributed by atoms with van der Waals surface area (Å²) in [5, 5.41) is 0. The fourth-order valence-corrected chi connectivity index (χ4v) is 2.36. The summed E-state index contributed by atoms with van der Waals surface area (Å²) in [5.41, 5.74) is 2.36. The van der Waals surface area contributed by atoms with Gasteiger partial charge in [0.05, 0.1) is 6.10 Å². The van der Waals surface area contributed by atoms with Gasteiger partial charge in [-0.25, -0.2) is 0 Å². The molecule has 0 radical (unpaired) electrons. The first kappa shape index (κ1) is 13.0. The maximum atomic E-state index is 10.9. The molecule has 88 valence electrons. The maximum Gasteiger partial charge on any atom is 0.202 e. The molecule has 0 heterocycles. The lowest BCUT2D eigenvalue weighted by molar-refractivity contribution is -0.111. The number of ketones is 1. The number of carbonyl (C=O) groups is 1. The Kier molecular flexibility index (Phi) is 3.93. The zero-order valence-electron chi connectivity index (χ0n) is 10.8. The van der Waals surface area contributed by atoms with Crippen molar-refractivity contribution in [3.63, 3.8) is 0 Å². The van der Waals surface area contributed by atoms with E-state index in [0.717, 1.165) is 18.4 Å². The lowest BCUT2D eigenvalue weighted by Crippen LogP contribution is -2.29. The van der Waals surface area contributed by atoms with E-state index in [0.29, 0.717) is 0 Å². The minimum atomic E-state index is -0.0787. The number of methoxy groups -OCH3 is 1. The van der Waals surface area contributed by atoms with Gasteiger partial charge in [-0.1, -0.05) is 25.3 Å². The van der Waals surface area contributed by atoms with E-state index in [1.807, 2.05) is 0 Å². The highest BCUT2D eigenvalue weighted by molar-refractivity contribution is 5.93. The molecule has 16 heavy (non-hydrogen) atoms. The first-order valence-corrected chi connectivity index (χ1v) is 5.62. The van der Waals surface area contributed by atoms with Crippen molar-refractivity contribution in [2.75, 3.05) is 7.11 Å². The third-order valence-corrected chi connectivity index (χ3v) is 3.07. The zero-order chi connectivity index (χ0) is 12.3. The summed E-state index contributed by atoms with van der Waals surface area (Å²) in [6, 6.07) is 0. The van der Waals surface area contributed by atoms with Gasteiger partial charge < -0.3 is 4.74 Å². The van der Waals surface area contributed by atoms with Gasteiger partial charge in [0.15, 0.2) is 0 Å². The number of allylic oxidation sites excluding steroid dienone is 1. The number of carbonyl (C=O) groups excluding carboxylic acids is 1. The van der Waals surface area contributed by atoms with Gasteiger partial charge in [-0.05, 0) is 25.7 Å². The average Bonchev–Trinajstić information content (AvgIpc) is 2.14. The molecule has 0 aliphatic heterocycles. The molecule has 0 saturated carbocycles. The Bertz CT molecular complexity index is 377.